The van der Waals surface area contributed by atoms with Gasteiger partial charge in [0.25, 0.3) is 0 Å². The monoisotopic (exact) mass is 318 g/mol. The normalized spacial score (nSPS) is 23.3. The van der Waals surface area contributed by atoms with E-state index in [-0.39, 0.29) is 11.9 Å². The molecular formula is C14H26N2O2S2. The lowest BCUT2D eigenvalue weighted by molar-refractivity contribution is -0.129. The fraction of sp³-hybridized carbons (Fsp3) is 0.857. The summed E-state index contributed by atoms with van der Waals surface area (Å²) in [5.74, 6) is 1.31. The predicted octanol–water partition coefficient (Wildman–Crippen LogP) is 1.89. The first-order valence-corrected chi connectivity index (χ1v) is 9.31. The summed E-state index contributed by atoms with van der Waals surface area (Å²) in [7, 11) is -0.714. The van der Waals surface area contributed by atoms with E-state index in [9.17, 15) is 9.00 Å². The van der Waals surface area contributed by atoms with Gasteiger partial charge in [-0.05, 0) is 25.7 Å². The third kappa shape index (κ3) is 4.25. The maximum absolute atomic E-state index is 12.7. The van der Waals surface area contributed by atoms with Crippen LogP contribution in [0, 0.1) is 5.41 Å². The Morgan fingerprint density at radius 1 is 1.30 bits per heavy atom. The highest BCUT2D eigenvalue weighted by molar-refractivity contribution is 7.85. The molecule has 0 unspecified atom stereocenters. The Bertz CT molecular complexity index is 369. The molecule has 1 aliphatic rings. The van der Waals surface area contributed by atoms with Crippen molar-refractivity contribution in [3.8, 4) is 0 Å². The lowest BCUT2D eigenvalue weighted by Gasteiger charge is -2.33. The molecule has 0 aromatic carbocycles. The van der Waals surface area contributed by atoms with Gasteiger partial charge in [-0.2, -0.15) is 0 Å². The number of carbonyl (C=O) groups excluding carboxylic acids is 1. The molecule has 0 saturated carbocycles. The van der Waals surface area contributed by atoms with Crippen LogP contribution < -0.4 is 11.1 Å². The van der Waals surface area contributed by atoms with Crippen LogP contribution in [-0.2, 0) is 15.6 Å². The van der Waals surface area contributed by atoms with Gasteiger partial charge in [0, 0.05) is 28.3 Å². The number of nitrogens with one attached hydrogen (secondary N) is 1. The van der Waals surface area contributed by atoms with E-state index in [1.54, 1.807) is 0 Å². The summed E-state index contributed by atoms with van der Waals surface area (Å²) in [6.45, 7) is 4.08. The van der Waals surface area contributed by atoms with Crippen molar-refractivity contribution in [3.05, 3.63) is 0 Å². The summed E-state index contributed by atoms with van der Waals surface area (Å²) in [5, 5.41) is 3.09. The predicted molar refractivity (Wildman–Crippen MR) is 88.1 cm³/mol. The lowest BCUT2D eigenvalue weighted by atomic mass is 9.78. The van der Waals surface area contributed by atoms with Crippen molar-refractivity contribution in [1.82, 2.24) is 5.32 Å². The molecule has 1 fully saturated rings. The zero-order chi connectivity index (χ0) is 15.2. The first-order chi connectivity index (χ1) is 9.46. The van der Waals surface area contributed by atoms with Crippen LogP contribution in [0.3, 0.4) is 0 Å². The SMILES string of the molecule is CCCC(CCC)(C(=O)NC1CCS(=O)CC1)C(N)=S. The molecule has 1 aliphatic heterocycles. The molecule has 20 heavy (non-hydrogen) atoms. The molecule has 0 aromatic heterocycles. The van der Waals surface area contributed by atoms with Gasteiger partial charge in [-0.25, -0.2) is 0 Å². The third-order valence-corrected chi connectivity index (χ3v) is 5.76. The highest BCUT2D eigenvalue weighted by Crippen LogP contribution is 2.31. The minimum Gasteiger partial charge on any atom is -0.392 e. The highest BCUT2D eigenvalue weighted by Gasteiger charge is 2.40. The lowest BCUT2D eigenvalue weighted by Crippen LogP contribution is -2.52. The summed E-state index contributed by atoms with van der Waals surface area (Å²) >= 11 is 5.19. The van der Waals surface area contributed by atoms with Gasteiger partial charge in [0.2, 0.25) is 5.91 Å². The van der Waals surface area contributed by atoms with E-state index in [2.05, 4.69) is 5.32 Å². The Balaban J connectivity index is 2.76. The van der Waals surface area contributed by atoms with E-state index in [0.29, 0.717) is 29.3 Å². The molecule has 0 aliphatic carbocycles. The summed E-state index contributed by atoms with van der Waals surface area (Å²) in [5.41, 5.74) is 5.18. The summed E-state index contributed by atoms with van der Waals surface area (Å²) in [6, 6.07) is 0.114. The van der Waals surface area contributed by atoms with Crippen LogP contribution in [-0.4, -0.2) is 32.7 Å². The molecule has 0 spiro atoms. The summed E-state index contributed by atoms with van der Waals surface area (Å²) < 4.78 is 11.4. The van der Waals surface area contributed by atoms with Gasteiger partial charge in [-0.15, -0.1) is 0 Å². The first kappa shape index (κ1) is 17.6. The average Bonchev–Trinajstić information content (AvgIpc) is 2.40. The van der Waals surface area contributed by atoms with Gasteiger partial charge in [0.05, 0.1) is 10.4 Å². The van der Waals surface area contributed by atoms with Crippen molar-refractivity contribution in [2.75, 3.05) is 11.5 Å². The maximum atomic E-state index is 12.7. The summed E-state index contributed by atoms with van der Waals surface area (Å²) in [4.78, 5) is 13.0. The van der Waals surface area contributed by atoms with Crippen LogP contribution in [0.5, 0.6) is 0 Å². The number of amides is 1. The van der Waals surface area contributed by atoms with Crippen molar-refractivity contribution in [2.45, 2.75) is 58.4 Å². The molecule has 4 nitrogen and oxygen atoms in total. The fourth-order valence-electron chi connectivity index (χ4n) is 2.83. The minimum absolute atomic E-state index is 0.0358. The van der Waals surface area contributed by atoms with Crippen LogP contribution in [0.1, 0.15) is 52.4 Å². The molecule has 3 N–H and O–H groups in total. The zero-order valence-electron chi connectivity index (χ0n) is 12.4. The number of rotatable bonds is 7. The van der Waals surface area contributed by atoms with Crippen LogP contribution >= 0.6 is 12.2 Å². The second kappa shape index (κ2) is 8.08. The van der Waals surface area contributed by atoms with Gasteiger partial charge >= 0.3 is 0 Å². The van der Waals surface area contributed by atoms with Crippen molar-refractivity contribution in [2.24, 2.45) is 11.1 Å². The Labute approximate surface area is 129 Å². The Morgan fingerprint density at radius 2 is 1.80 bits per heavy atom. The molecule has 1 heterocycles. The molecular weight excluding hydrogens is 292 g/mol. The maximum Gasteiger partial charge on any atom is 0.233 e. The van der Waals surface area contributed by atoms with Crippen molar-refractivity contribution in [3.63, 3.8) is 0 Å². The second-order valence-electron chi connectivity index (χ2n) is 5.54. The summed E-state index contributed by atoms with van der Waals surface area (Å²) in [6.07, 6.45) is 4.70. The Morgan fingerprint density at radius 3 is 2.20 bits per heavy atom. The number of carbonyl (C=O) groups is 1. The molecule has 0 bridgehead atoms. The number of thiocarbonyl (C=S) groups is 1. The van der Waals surface area contributed by atoms with Crippen LogP contribution in [0.25, 0.3) is 0 Å². The number of hydrogen-bond donors (Lipinski definition) is 2. The van der Waals surface area contributed by atoms with Gasteiger partial charge in [-0.1, -0.05) is 38.9 Å². The zero-order valence-corrected chi connectivity index (χ0v) is 14.1. The second-order valence-corrected chi connectivity index (χ2v) is 7.68. The smallest absolute Gasteiger partial charge is 0.233 e. The van der Waals surface area contributed by atoms with Gasteiger partial charge in [-0.3, -0.25) is 9.00 Å². The van der Waals surface area contributed by atoms with Gasteiger partial charge in [0.15, 0.2) is 0 Å². The molecule has 1 saturated heterocycles. The van der Waals surface area contributed by atoms with Crippen LogP contribution in [0.2, 0.25) is 0 Å². The molecule has 1 amide bonds. The van der Waals surface area contributed by atoms with Crippen molar-refractivity contribution < 1.29 is 9.00 Å². The largest absolute Gasteiger partial charge is 0.392 e. The van der Waals surface area contributed by atoms with Crippen LogP contribution in [0.4, 0.5) is 0 Å². The molecule has 1 rings (SSSR count). The van der Waals surface area contributed by atoms with E-state index < -0.39 is 16.2 Å². The topological polar surface area (TPSA) is 72.2 Å². The van der Waals surface area contributed by atoms with Gasteiger partial charge in [0.1, 0.15) is 0 Å². The first-order valence-electron chi connectivity index (χ1n) is 7.42. The van der Waals surface area contributed by atoms with E-state index in [1.165, 1.54) is 0 Å². The standard InChI is InChI=1S/C14H26N2O2S2/c1-3-7-14(8-4-2,12(15)19)13(17)16-11-5-9-20(18)10-6-11/h11H,3-10H2,1-2H3,(H2,15,19)(H,16,17). The van der Waals surface area contributed by atoms with Crippen molar-refractivity contribution in [1.29, 1.82) is 0 Å². The Hall–Kier alpha value is -0.490. The molecule has 0 aromatic rings. The third-order valence-electron chi connectivity index (χ3n) is 3.98. The molecule has 116 valence electrons. The van der Waals surface area contributed by atoms with E-state index in [4.69, 9.17) is 18.0 Å². The number of nitrogens with two attached hydrogens (primary N) is 1. The molecule has 0 atom stereocenters. The van der Waals surface area contributed by atoms with E-state index in [1.807, 2.05) is 13.8 Å². The Kier molecular flexibility index (Phi) is 7.09. The van der Waals surface area contributed by atoms with E-state index >= 15 is 0 Å². The van der Waals surface area contributed by atoms with Crippen molar-refractivity contribution >= 4 is 33.9 Å². The molecule has 0 radical (unpaired) electrons. The highest BCUT2D eigenvalue weighted by atomic mass is 32.2. The minimum atomic E-state index is -0.714. The van der Waals surface area contributed by atoms with Crippen LogP contribution in [0.15, 0.2) is 0 Å². The van der Waals surface area contributed by atoms with Gasteiger partial charge < -0.3 is 11.1 Å². The molecule has 6 heteroatoms. The fourth-order valence-corrected chi connectivity index (χ4v) is 4.42. The quantitative estimate of drug-likeness (QED) is 0.703. The average molecular weight is 319 g/mol. The number of hydrogen-bond acceptors (Lipinski definition) is 3. The van der Waals surface area contributed by atoms with E-state index in [0.717, 1.165) is 25.7 Å².